The maximum Gasteiger partial charge on any atom is 0.258 e. The quantitative estimate of drug-likeness (QED) is 0.0788. The molecule has 0 saturated heterocycles. The van der Waals surface area contributed by atoms with E-state index in [4.69, 9.17) is 10.5 Å². The van der Waals surface area contributed by atoms with Gasteiger partial charge in [0.2, 0.25) is 11.8 Å². The molecule has 274 valence electrons. The molecular formula is C42H51N5O5. The van der Waals surface area contributed by atoms with E-state index >= 15 is 0 Å². The Hall–Kier alpha value is -5.19. The van der Waals surface area contributed by atoms with Crippen LogP contribution in [0.2, 0.25) is 0 Å². The topological polar surface area (TPSA) is 137 Å². The lowest BCUT2D eigenvalue weighted by Gasteiger charge is -2.38. The van der Waals surface area contributed by atoms with Gasteiger partial charge in [0.05, 0.1) is 35.3 Å². The number of fused-ring (bicyclic) bond motifs is 1. The van der Waals surface area contributed by atoms with Crippen molar-refractivity contribution in [1.29, 1.82) is 0 Å². The molecule has 0 saturated carbocycles. The third kappa shape index (κ3) is 10.2. The number of nitrogens with one attached hydrogen (secondary N) is 2. The molecule has 0 aliphatic carbocycles. The molecule has 0 radical (unpaired) electrons. The number of benzene rings is 4. The van der Waals surface area contributed by atoms with Gasteiger partial charge in [0, 0.05) is 38.4 Å². The third-order valence-corrected chi connectivity index (χ3v) is 9.51. The predicted octanol–water partition coefficient (Wildman–Crippen LogP) is 6.82. The molecule has 3 amide bonds. The average Bonchev–Trinajstić information content (AvgIpc) is 3.14. The number of amides is 3. The highest BCUT2D eigenvalue weighted by atomic mass is 16.5. The molecule has 0 unspecified atom stereocenters. The molecule has 0 spiro atoms. The van der Waals surface area contributed by atoms with Crippen LogP contribution >= 0.6 is 0 Å². The summed E-state index contributed by atoms with van der Waals surface area (Å²) in [5.41, 5.74) is 11.3. The van der Waals surface area contributed by atoms with Crippen LogP contribution in [0.4, 0.5) is 17.1 Å². The first kappa shape index (κ1) is 38.1. The fraction of sp³-hybridized carbons (Fsp3) is 0.357. The highest BCUT2D eigenvalue weighted by Crippen LogP contribution is 2.35. The van der Waals surface area contributed by atoms with E-state index in [9.17, 15) is 19.5 Å². The van der Waals surface area contributed by atoms with Gasteiger partial charge in [0.15, 0.2) is 5.75 Å². The van der Waals surface area contributed by atoms with Crippen molar-refractivity contribution in [2.45, 2.75) is 64.6 Å². The Morgan fingerprint density at radius 3 is 2.15 bits per heavy atom. The molecule has 1 heterocycles. The molecule has 10 heteroatoms. The van der Waals surface area contributed by atoms with Crippen molar-refractivity contribution < 1.29 is 24.2 Å². The van der Waals surface area contributed by atoms with Gasteiger partial charge in [-0.3, -0.25) is 19.3 Å². The van der Waals surface area contributed by atoms with E-state index in [-0.39, 0.29) is 42.8 Å². The third-order valence-electron chi connectivity index (χ3n) is 9.51. The second-order valence-corrected chi connectivity index (χ2v) is 13.8. The summed E-state index contributed by atoms with van der Waals surface area (Å²) in [7, 11) is 2.05. The van der Waals surface area contributed by atoms with E-state index < -0.39 is 6.04 Å². The van der Waals surface area contributed by atoms with Gasteiger partial charge >= 0.3 is 0 Å². The number of hydrogen-bond donors (Lipinski definition) is 4. The fourth-order valence-electron chi connectivity index (χ4n) is 6.46. The van der Waals surface area contributed by atoms with Gasteiger partial charge in [-0.2, -0.15) is 0 Å². The first-order valence-corrected chi connectivity index (χ1v) is 18.1. The zero-order chi connectivity index (χ0) is 37.0. The largest absolute Gasteiger partial charge is 0.486 e. The van der Waals surface area contributed by atoms with Crippen LogP contribution in [0.3, 0.4) is 0 Å². The molecule has 0 aromatic heterocycles. The van der Waals surface area contributed by atoms with Crippen LogP contribution in [0.15, 0.2) is 97.1 Å². The number of nitrogens with zero attached hydrogens (tertiary/aromatic N) is 2. The highest BCUT2D eigenvalue weighted by molar-refractivity contribution is 6.01. The lowest BCUT2D eigenvalue weighted by atomic mass is 9.98. The zero-order valence-electron chi connectivity index (χ0n) is 30.4. The number of carbonyl (C=O) groups excluding carboxylic acids is 3. The summed E-state index contributed by atoms with van der Waals surface area (Å²) < 4.78 is 6.71. The van der Waals surface area contributed by atoms with Crippen LogP contribution in [0.1, 0.15) is 61.9 Å². The average molecular weight is 706 g/mol. The van der Waals surface area contributed by atoms with E-state index in [1.165, 1.54) is 11.1 Å². The van der Waals surface area contributed by atoms with Crippen molar-refractivity contribution >= 4 is 34.8 Å². The molecular weight excluding hydrogens is 654 g/mol. The minimum atomic E-state index is -0.396. The van der Waals surface area contributed by atoms with Crippen LogP contribution in [0, 0.1) is 5.92 Å². The van der Waals surface area contributed by atoms with Gasteiger partial charge in [-0.15, -0.1) is 0 Å². The number of aliphatic hydroxyl groups is 1. The number of likely N-dealkylation sites (N-methyl/N-ethyl adjacent to an activating group) is 1. The molecule has 1 aliphatic heterocycles. The number of nitrogens with two attached hydrogens (primary N) is 1. The van der Waals surface area contributed by atoms with Gasteiger partial charge in [-0.25, -0.2) is 0 Å². The van der Waals surface area contributed by atoms with Crippen molar-refractivity contribution in [2.75, 3.05) is 43.1 Å². The molecule has 3 atom stereocenters. The van der Waals surface area contributed by atoms with Crippen molar-refractivity contribution in [1.82, 2.24) is 9.80 Å². The van der Waals surface area contributed by atoms with Gasteiger partial charge in [-0.05, 0) is 67.8 Å². The fourth-order valence-corrected chi connectivity index (χ4v) is 6.46. The lowest BCUT2D eigenvalue weighted by molar-refractivity contribution is -0.116. The normalized spacial score (nSPS) is 16.3. The van der Waals surface area contributed by atoms with E-state index in [1.54, 1.807) is 35.2 Å². The molecule has 10 nitrogen and oxygen atoms in total. The maximum atomic E-state index is 13.9. The predicted molar refractivity (Wildman–Crippen MR) is 207 cm³/mol. The van der Waals surface area contributed by atoms with Gasteiger partial charge < -0.3 is 31.1 Å². The van der Waals surface area contributed by atoms with Crippen LogP contribution < -0.4 is 21.1 Å². The summed E-state index contributed by atoms with van der Waals surface area (Å²) >= 11 is 0. The molecule has 52 heavy (non-hydrogen) atoms. The number of aliphatic hydroxyl groups excluding tert-OH is 1. The van der Waals surface area contributed by atoms with Gasteiger partial charge in [0.25, 0.3) is 5.91 Å². The van der Waals surface area contributed by atoms with E-state index in [0.717, 1.165) is 5.56 Å². The van der Waals surface area contributed by atoms with Crippen LogP contribution in [0.5, 0.6) is 5.75 Å². The Morgan fingerprint density at radius 1 is 0.865 bits per heavy atom. The standard InChI is InChI=1S/C42H51N5O5/c1-29-25-47(30(2)28-48)42(51)34-15-12-18-37(45-40(50)20-9-5-8-19-39(49)44-36-17-11-10-16-35(36)43)41(34)52-38(29)27-46(3)26-31-21-23-33(24-22-31)32-13-6-4-7-14-32/h4,6-7,10-18,21-24,29-30,38,48H,5,8-9,19-20,25-28,43H2,1-3H3,(H,44,49)(H,45,50)/t29-,30+,38-/m1/s1. The first-order chi connectivity index (χ1) is 25.1. The van der Waals surface area contributed by atoms with Crippen LogP contribution in [-0.2, 0) is 16.1 Å². The molecule has 4 aromatic rings. The highest BCUT2D eigenvalue weighted by Gasteiger charge is 2.34. The summed E-state index contributed by atoms with van der Waals surface area (Å²) in [6.07, 6.45) is 2.19. The summed E-state index contributed by atoms with van der Waals surface area (Å²) in [4.78, 5) is 43.3. The number of rotatable bonds is 15. The van der Waals surface area contributed by atoms with E-state index in [0.29, 0.717) is 73.7 Å². The number of nitrogen functional groups attached to an aromatic ring is 1. The summed E-state index contributed by atoms with van der Waals surface area (Å²) in [6, 6.07) is 30.8. The first-order valence-electron chi connectivity index (χ1n) is 18.1. The second kappa shape index (κ2) is 18.3. The molecule has 5 N–H and O–H groups in total. The second-order valence-electron chi connectivity index (χ2n) is 13.8. The maximum absolute atomic E-state index is 13.9. The number of unbranched alkanes of at least 4 members (excludes halogenated alkanes) is 2. The van der Waals surface area contributed by atoms with Crippen molar-refractivity contribution in [3.05, 3.63) is 108 Å². The minimum absolute atomic E-state index is 0.0757. The minimum Gasteiger partial charge on any atom is -0.486 e. The number of para-hydroxylation sites is 3. The number of hydrogen-bond acceptors (Lipinski definition) is 7. The number of anilines is 3. The monoisotopic (exact) mass is 705 g/mol. The van der Waals surface area contributed by atoms with Gasteiger partial charge in [-0.1, -0.05) is 86.1 Å². The van der Waals surface area contributed by atoms with Gasteiger partial charge in [0.1, 0.15) is 6.10 Å². The summed E-state index contributed by atoms with van der Waals surface area (Å²) in [6.45, 7) is 5.40. The number of carbonyl (C=O) groups is 3. The van der Waals surface area contributed by atoms with Crippen molar-refractivity contribution in [2.24, 2.45) is 5.92 Å². The molecule has 0 fully saturated rings. The molecule has 1 aliphatic rings. The number of ether oxygens (including phenoxy) is 1. The summed E-state index contributed by atoms with van der Waals surface area (Å²) in [5.74, 6) is -0.306. The summed E-state index contributed by atoms with van der Waals surface area (Å²) in [5, 5.41) is 15.9. The molecule has 0 bridgehead atoms. The lowest BCUT2D eigenvalue weighted by Crippen LogP contribution is -2.49. The molecule has 5 rings (SSSR count). The Morgan fingerprint density at radius 2 is 1.48 bits per heavy atom. The Kier molecular flexibility index (Phi) is 13.4. The van der Waals surface area contributed by atoms with E-state index in [1.807, 2.05) is 37.3 Å². The van der Waals surface area contributed by atoms with E-state index in [2.05, 4.69) is 65.9 Å². The zero-order valence-corrected chi connectivity index (χ0v) is 30.4. The SMILES string of the molecule is C[C@@H]1CN([C@@H](C)CO)C(=O)c2cccc(NC(=O)CCCCCC(=O)Nc3ccccc3N)c2O[C@@H]1CN(C)Cc1ccc(-c2ccccc2)cc1. The van der Waals surface area contributed by atoms with Crippen molar-refractivity contribution in [3.63, 3.8) is 0 Å². The van der Waals surface area contributed by atoms with Crippen molar-refractivity contribution in [3.8, 4) is 16.9 Å². The molecule has 4 aromatic carbocycles. The Bertz CT molecular complexity index is 1800. The van der Waals surface area contributed by atoms with Crippen LogP contribution in [-0.4, -0.2) is 71.5 Å². The Balaban J connectivity index is 1.23. The van der Waals surface area contributed by atoms with Crippen LogP contribution in [0.25, 0.3) is 11.1 Å². The smallest absolute Gasteiger partial charge is 0.258 e. The Labute approximate surface area is 307 Å².